The van der Waals surface area contributed by atoms with Crippen LogP contribution < -0.4 is 10.5 Å². The third kappa shape index (κ3) is 7.39. The van der Waals surface area contributed by atoms with Crippen LogP contribution in [0.5, 0.6) is 0 Å². The number of sulfonamides is 1. The minimum Gasteiger partial charge on any atom is -0.478 e. The van der Waals surface area contributed by atoms with Gasteiger partial charge >= 0.3 is 5.97 Å². The van der Waals surface area contributed by atoms with Gasteiger partial charge in [0.2, 0.25) is 10.0 Å². The number of carboxylic acids is 1. The van der Waals surface area contributed by atoms with Gasteiger partial charge in [0.25, 0.3) is 0 Å². The highest BCUT2D eigenvalue weighted by Gasteiger charge is 2.32. The first kappa shape index (κ1) is 28.3. The van der Waals surface area contributed by atoms with Crippen LogP contribution in [0.15, 0.2) is 39.0 Å². The molecule has 11 heteroatoms. The van der Waals surface area contributed by atoms with Crippen molar-refractivity contribution in [1.29, 1.82) is 0 Å². The van der Waals surface area contributed by atoms with E-state index < -0.39 is 48.9 Å². The molecule has 1 fully saturated rings. The van der Waals surface area contributed by atoms with Crippen molar-refractivity contribution in [2.75, 3.05) is 5.32 Å². The Bertz CT molecular complexity index is 1180. The maximum absolute atomic E-state index is 15.7. The van der Waals surface area contributed by atoms with Crippen LogP contribution in [0.3, 0.4) is 0 Å². The lowest BCUT2D eigenvalue weighted by Crippen LogP contribution is -2.25. The van der Waals surface area contributed by atoms with Gasteiger partial charge in [-0.25, -0.2) is 31.5 Å². The van der Waals surface area contributed by atoms with Gasteiger partial charge in [-0.15, -0.1) is 0 Å². The first-order valence-electron chi connectivity index (χ1n) is 12.1. The number of rotatable bonds is 6. The number of benzene rings is 2. The van der Waals surface area contributed by atoms with Crippen LogP contribution in [-0.4, -0.2) is 25.5 Å². The summed E-state index contributed by atoms with van der Waals surface area (Å²) in [5, 5.41) is 17.2. The highest BCUT2D eigenvalue weighted by molar-refractivity contribution is 7.99. The van der Waals surface area contributed by atoms with Gasteiger partial charge in [0.1, 0.15) is 4.90 Å². The Morgan fingerprint density at radius 2 is 1.47 bits per heavy atom. The minimum atomic E-state index is -4.81. The lowest BCUT2D eigenvalue weighted by molar-refractivity contribution is 0.0696. The average Bonchev–Trinajstić information content (AvgIpc) is 2.81. The number of carboxylic acid groups (broad SMARTS) is 1. The van der Waals surface area contributed by atoms with Crippen molar-refractivity contribution in [2.24, 2.45) is 5.14 Å². The number of hydrogen-bond acceptors (Lipinski definition) is 5. The van der Waals surface area contributed by atoms with Crippen LogP contribution in [0, 0.1) is 17.5 Å². The third-order valence-electron chi connectivity index (χ3n) is 6.28. The van der Waals surface area contributed by atoms with E-state index in [-0.39, 0.29) is 16.5 Å². The monoisotopic (exact) mass is 544 g/mol. The largest absolute Gasteiger partial charge is 0.478 e. The van der Waals surface area contributed by atoms with Crippen molar-refractivity contribution in [1.82, 2.24) is 0 Å². The van der Waals surface area contributed by atoms with Gasteiger partial charge in [-0.3, -0.25) is 0 Å². The summed E-state index contributed by atoms with van der Waals surface area (Å²) in [4.78, 5) is 9.38. The topological polar surface area (TPSA) is 109 Å². The lowest BCUT2D eigenvalue weighted by Gasteiger charge is -2.24. The Kier molecular flexibility index (Phi) is 10.1. The number of aromatic carboxylic acids is 1. The van der Waals surface area contributed by atoms with Crippen molar-refractivity contribution in [3.05, 3.63) is 47.3 Å². The van der Waals surface area contributed by atoms with Gasteiger partial charge in [0, 0.05) is 10.9 Å². The number of nitrogens with two attached hydrogens (primary N) is 1. The molecule has 0 heterocycles. The lowest BCUT2D eigenvalue weighted by atomic mass is 9.97. The zero-order valence-corrected chi connectivity index (χ0v) is 21.5. The molecule has 1 aliphatic rings. The van der Waals surface area contributed by atoms with Crippen molar-refractivity contribution < 1.29 is 31.5 Å². The molecule has 2 aromatic carbocycles. The predicted molar refractivity (Wildman–Crippen MR) is 133 cm³/mol. The molecule has 0 radical (unpaired) electrons. The quantitative estimate of drug-likeness (QED) is 0.350. The van der Waals surface area contributed by atoms with Crippen molar-refractivity contribution in [2.45, 2.75) is 91.4 Å². The highest BCUT2D eigenvalue weighted by atomic mass is 32.2. The molecule has 6 nitrogen and oxygen atoms in total. The maximum atomic E-state index is 15.7. The van der Waals surface area contributed by atoms with E-state index in [1.807, 2.05) is 0 Å². The molecular weight excluding hydrogens is 513 g/mol. The Morgan fingerprint density at radius 3 is 2.00 bits per heavy atom. The molecule has 0 unspecified atom stereocenters. The fourth-order valence-corrected chi connectivity index (χ4v) is 6.14. The maximum Gasteiger partial charge on any atom is 0.335 e. The predicted octanol–water partition coefficient (Wildman–Crippen LogP) is 6.69. The van der Waals surface area contributed by atoms with Gasteiger partial charge in [0.15, 0.2) is 17.5 Å². The first-order valence-corrected chi connectivity index (χ1v) is 14.5. The number of carbonyl (C=O) groups is 1. The van der Waals surface area contributed by atoms with Crippen LogP contribution in [0.2, 0.25) is 0 Å². The van der Waals surface area contributed by atoms with Gasteiger partial charge in [-0.05, 0) is 31.0 Å². The Balaban J connectivity index is 2.01. The molecule has 4 N–H and O–H groups in total. The third-order valence-corrected chi connectivity index (χ3v) is 8.28. The summed E-state index contributed by atoms with van der Waals surface area (Å²) in [5.74, 6) is -5.99. The SMILES string of the molecule is NS(=O)(=O)c1c(F)c(F)c(Sc2cccc(C(=O)O)c2)c(F)c1NC1CCCCCCCCCCC1. The zero-order chi connectivity index (χ0) is 26.3. The molecule has 198 valence electrons. The normalized spacial score (nSPS) is 16.7. The fraction of sp³-hybridized carbons (Fsp3) is 0.480. The van der Waals surface area contributed by atoms with E-state index >= 15 is 8.78 Å². The van der Waals surface area contributed by atoms with Crippen molar-refractivity contribution in [3.63, 3.8) is 0 Å². The number of nitrogens with one attached hydrogen (secondary N) is 1. The second-order valence-corrected chi connectivity index (χ2v) is 11.6. The number of halogens is 3. The summed E-state index contributed by atoms with van der Waals surface area (Å²) < 4.78 is 70.2. The van der Waals surface area contributed by atoms with E-state index in [0.717, 1.165) is 51.4 Å². The Morgan fingerprint density at radius 1 is 0.917 bits per heavy atom. The first-order chi connectivity index (χ1) is 17.1. The molecule has 0 bridgehead atoms. The van der Waals surface area contributed by atoms with E-state index in [0.29, 0.717) is 24.6 Å². The Labute approximate surface area is 213 Å². The molecule has 1 saturated carbocycles. The molecule has 3 rings (SSSR count). The average molecular weight is 545 g/mol. The fourth-order valence-electron chi connectivity index (χ4n) is 4.43. The molecular formula is C25H31F3N2O4S2. The van der Waals surface area contributed by atoms with E-state index in [1.165, 1.54) is 30.7 Å². The highest BCUT2D eigenvalue weighted by Crippen LogP contribution is 2.41. The van der Waals surface area contributed by atoms with Crippen LogP contribution in [0.1, 0.15) is 81.0 Å². The summed E-state index contributed by atoms with van der Waals surface area (Å²) in [6, 6.07) is 4.96. The van der Waals surface area contributed by atoms with Gasteiger partial charge < -0.3 is 10.4 Å². The van der Waals surface area contributed by atoms with Gasteiger partial charge in [-0.2, -0.15) is 0 Å². The molecule has 1 aliphatic carbocycles. The number of primary sulfonamides is 1. The smallest absolute Gasteiger partial charge is 0.335 e. The zero-order valence-electron chi connectivity index (χ0n) is 19.9. The Hall–Kier alpha value is -2.24. The molecule has 0 spiro atoms. The van der Waals surface area contributed by atoms with Gasteiger partial charge in [-0.1, -0.05) is 75.6 Å². The summed E-state index contributed by atoms with van der Waals surface area (Å²) in [6.07, 6.45) is 10.5. The molecule has 36 heavy (non-hydrogen) atoms. The minimum absolute atomic E-state index is 0.117. The summed E-state index contributed by atoms with van der Waals surface area (Å²) >= 11 is 0.472. The second-order valence-electron chi connectivity index (χ2n) is 9.06. The molecule has 0 amide bonds. The van der Waals surface area contributed by atoms with E-state index in [2.05, 4.69) is 5.32 Å². The molecule has 0 atom stereocenters. The van der Waals surface area contributed by atoms with Crippen LogP contribution >= 0.6 is 11.8 Å². The van der Waals surface area contributed by atoms with E-state index in [4.69, 9.17) is 5.14 Å². The van der Waals surface area contributed by atoms with E-state index in [9.17, 15) is 22.7 Å². The molecule has 0 aliphatic heterocycles. The van der Waals surface area contributed by atoms with E-state index in [1.54, 1.807) is 0 Å². The van der Waals surface area contributed by atoms with Crippen LogP contribution in [-0.2, 0) is 10.0 Å². The molecule has 0 saturated heterocycles. The number of hydrogen-bond donors (Lipinski definition) is 3. The van der Waals surface area contributed by atoms with Crippen LogP contribution in [0.4, 0.5) is 18.9 Å². The molecule has 0 aromatic heterocycles. The number of anilines is 1. The standard InChI is InChI=1S/C25H31F3N2O4S2/c26-19-20(27)24(36(29,33)34)22(30-17-12-8-6-4-2-1-3-5-7-9-13-17)21(28)23(19)35-18-14-10-11-16(15-18)25(31)32/h10-11,14-15,17,30H,1-9,12-13H2,(H,31,32)(H2,29,33,34). The van der Waals surface area contributed by atoms with Gasteiger partial charge in [0.05, 0.1) is 16.1 Å². The van der Waals surface area contributed by atoms with Crippen molar-refractivity contribution in [3.8, 4) is 0 Å². The summed E-state index contributed by atoms with van der Waals surface area (Å²) in [7, 11) is -4.81. The summed E-state index contributed by atoms with van der Waals surface area (Å²) in [5.41, 5.74) is -0.806. The molecule has 2 aromatic rings. The van der Waals surface area contributed by atoms with Crippen molar-refractivity contribution >= 4 is 33.4 Å². The second kappa shape index (κ2) is 12.8. The van der Waals surface area contributed by atoms with Crippen LogP contribution in [0.25, 0.3) is 0 Å². The summed E-state index contributed by atoms with van der Waals surface area (Å²) in [6.45, 7) is 0.